The van der Waals surface area contributed by atoms with Gasteiger partial charge in [0.2, 0.25) is 0 Å². The first-order valence-electron chi connectivity index (χ1n) is 4.90. The first-order valence-corrected chi connectivity index (χ1v) is 4.90. The summed E-state index contributed by atoms with van der Waals surface area (Å²) in [6.07, 6.45) is 0.718. The van der Waals surface area contributed by atoms with Crippen LogP contribution in [0.3, 0.4) is 0 Å². The highest BCUT2D eigenvalue weighted by atomic mass is 19.1. The van der Waals surface area contributed by atoms with E-state index in [1.807, 2.05) is 6.07 Å². The molecular weight excluding hydrogens is 195 g/mol. The van der Waals surface area contributed by atoms with Gasteiger partial charge in [-0.1, -0.05) is 12.1 Å². The van der Waals surface area contributed by atoms with Crippen molar-refractivity contribution in [1.29, 1.82) is 0 Å². The summed E-state index contributed by atoms with van der Waals surface area (Å²) in [5.74, 6) is 5.20. The summed E-state index contributed by atoms with van der Waals surface area (Å²) in [6, 6.07) is 5.07. The standard InChI is InChI=1S/C11H17FN2O/c1-8-3-4-9(7-10(8)12)11(14-13)5-6-15-2/h3-4,7,11,14H,5-6,13H2,1-2H3. The van der Waals surface area contributed by atoms with E-state index < -0.39 is 0 Å². The van der Waals surface area contributed by atoms with Gasteiger partial charge in [0.15, 0.2) is 0 Å². The van der Waals surface area contributed by atoms with Crippen LogP contribution in [0.1, 0.15) is 23.6 Å². The maximum atomic E-state index is 13.3. The highest BCUT2D eigenvalue weighted by Crippen LogP contribution is 2.18. The Kier molecular flexibility index (Phi) is 4.68. The molecule has 0 aliphatic carbocycles. The summed E-state index contributed by atoms with van der Waals surface area (Å²) >= 11 is 0. The van der Waals surface area contributed by atoms with E-state index >= 15 is 0 Å². The molecule has 0 aromatic heterocycles. The predicted molar refractivity (Wildman–Crippen MR) is 57.7 cm³/mol. The number of aryl methyl sites for hydroxylation is 1. The van der Waals surface area contributed by atoms with Crippen LogP contribution in [0, 0.1) is 12.7 Å². The minimum Gasteiger partial charge on any atom is -0.385 e. The molecule has 15 heavy (non-hydrogen) atoms. The summed E-state index contributed by atoms with van der Waals surface area (Å²) in [4.78, 5) is 0. The lowest BCUT2D eigenvalue weighted by Gasteiger charge is -2.16. The second-order valence-electron chi connectivity index (χ2n) is 3.51. The highest BCUT2D eigenvalue weighted by Gasteiger charge is 2.10. The van der Waals surface area contributed by atoms with E-state index in [9.17, 15) is 4.39 Å². The summed E-state index contributed by atoms with van der Waals surface area (Å²) in [5.41, 5.74) is 4.14. The number of hydrazine groups is 1. The van der Waals surface area contributed by atoms with Gasteiger partial charge in [0.05, 0.1) is 0 Å². The molecule has 0 fully saturated rings. The maximum Gasteiger partial charge on any atom is 0.126 e. The van der Waals surface area contributed by atoms with Gasteiger partial charge in [-0.25, -0.2) is 4.39 Å². The zero-order valence-corrected chi connectivity index (χ0v) is 9.09. The second-order valence-corrected chi connectivity index (χ2v) is 3.51. The molecule has 0 saturated carbocycles. The predicted octanol–water partition coefficient (Wildman–Crippen LogP) is 1.68. The van der Waals surface area contributed by atoms with Crippen molar-refractivity contribution in [3.63, 3.8) is 0 Å². The molecular formula is C11H17FN2O. The molecule has 1 aromatic carbocycles. The lowest BCUT2D eigenvalue weighted by molar-refractivity contribution is 0.183. The van der Waals surface area contributed by atoms with E-state index in [1.165, 1.54) is 6.07 Å². The van der Waals surface area contributed by atoms with Crippen molar-refractivity contribution in [2.45, 2.75) is 19.4 Å². The summed E-state index contributed by atoms with van der Waals surface area (Å²) in [5, 5.41) is 0. The summed E-state index contributed by atoms with van der Waals surface area (Å²) < 4.78 is 18.3. The molecule has 1 unspecified atom stereocenters. The van der Waals surface area contributed by atoms with Gasteiger partial charge in [-0.15, -0.1) is 0 Å². The number of nitrogens with one attached hydrogen (secondary N) is 1. The number of benzene rings is 1. The molecule has 0 amide bonds. The molecule has 3 N–H and O–H groups in total. The lowest BCUT2D eigenvalue weighted by atomic mass is 10.0. The Balaban J connectivity index is 2.78. The average Bonchev–Trinajstić information content (AvgIpc) is 2.24. The third-order valence-corrected chi connectivity index (χ3v) is 2.41. The minimum absolute atomic E-state index is 0.0694. The molecule has 0 heterocycles. The van der Waals surface area contributed by atoms with Crippen LogP contribution in [0.2, 0.25) is 0 Å². The second kappa shape index (κ2) is 5.80. The minimum atomic E-state index is -0.204. The quantitative estimate of drug-likeness (QED) is 0.576. The Labute approximate surface area is 89.4 Å². The Hall–Kier alpha value is -0.970. The number of rotatable bonds is 5. The van der Waals surface area contributed by atoms with Crippen LogP contribution in [0.4, 0.5) is 4.39 Å². The van der Waals surface area contributed by atoms with E-state index in [4.69, 9.17) is 10.6 Å². The number of methoxy groups -OCH3 is 1. The SMILES string of the molecule is COCCC(NN)c1ccc(C)c(F)c1. The van der Waals surface area contributed by atoms with Gasteiger partial charge in [0.25, 0.3) is 0 Å². The Morgan fingerprint density at radius 2 is 2.27 bits per heavy atom. The monoisotopic (exact) mass is 212 g/mol. The molecule has 1 rings (SSSR count). The molecule has 0 aliphatic heterocycles. The van der Waals surface area contributed by atoms with Crippen LogP contribution in [-0.4, -0.2) is 13.7 Å². The van der Waals surface area contributed by atoms with Crippen molar-refractivity contribution in [2.24, 2.45) is 5.84 Å². The van der Waals surface area contributed by atoms with Gasteiger partial charge in [0, 0.05) is 19.8 Å². The van der Waals surface area contributed by atoms with Crippen molar-refractivity contribution in [1.82, 2.24) is 5.43 Å². The van der Waals surface area contributed by atoms with Crippen LogP contribution in [0.5, 0.6) is 0 Å². The van der Waals surface area contributed by atoms with Crippen molar-refractivity contribution < 1.29 is 9.13 Å². The number of ether oxygens (including phenoxy) is 1. The van der Waals surface area contributed by atoms with Gasteiger partial charge >= 0.3 is 0 Å². The molecule has 3 nitrogen and oxygen atoms in total. The third-order valence-electron chi connectivity index (χ3n) is 2.41. The zero-order chi connectivity index (χ0) is 11.3. The molecule has 0 radical (unpaired) electrons. The van der Waals surface area contributed by atoms with Crippen LogP contribution in [-0.2, 0) is 4.74 Å². The van der Waals surface area contributed by atoms with Crippen molar-refractivity contribution in [3.8, 4) is 0 Å². The van der Waals surface area contributed by atoms with E-state index in [0.29, 0.717) is 12.2 Å². The van der Waals surface area contributed by atoms with E-state index in [1.54, 1.807) is 20.1 Å². The van der Waals surface area contributed by atoms with Gasteiger partial charge < -0.3 is 4.74 Å². The van der Waals surface area contributed by atoms with E-state index in [2.05, 4.69) is 5.43 Å². The normalized spacial score (nSPS) is 12.8. The van der Waals surface area contributed by atoms with Gasteiger partial charge in [-0.05, 0) is 30.5 Å². The number of halogens is 1. The fourth-order valence-electron chi connectivity index (χ4n) is 1.41. The van der Waals surface area contributed by atoms with Gasteiger partial charge in [0.1, 0.15) is 5.82 Å². The van der Waals surface area contributed by atoms with Crippen LogP contribution in [0.25, 0.3) is 0 Å². The molecule has 84 valence electrons. The zero-order valence-electron chi connectivity index (χ0n) is 9.09. The molecule has 4 heteroatoms. The lowest BCUT2D eigenvalue weighted by Crippen LogP contribution is -2.29. The molecule has 1 aromatic rings. The Morgan fingerprint density at radius 3 is 2.80 bits per heavy atom. The molecule has 0 spiro atoms. The summed E-state index contributed by atoms with van der Waals surface area (Å²) in [7, 11) is 1.63. The van der Waals surface area contributed by atoms with E-state index in [-0.39, 0.29) is 11.9 Å². The molecule has 0 bridgehead atoms. The number of hydrogen-bond acceptors (Lipinski definition) is 3. The topological polar surface area (TPSA) is 47.3 Å². The van der Waals surface area contributed by atoms with Crippen molar-refractivity contribution in [2.75, 3.05) is 13.7 Å². The van der Waals surface area contributed by atoms with E-state index in [0.717, 1.165) is 12.0 Å². The fraction of sp³-hybridized carbons (Fsp3) is 0.455. The molecule has 0 aliphatic rings. The maximum absolute atomic E-state index is 13.3. The van der Waals surface area contributed by atoms with Crippen LogP contribution < -0.4 is 11.3 Å². The van der Waals surface area contributed by atoms with Gasteiger partial charge in [-0.2, -0.15) is 0 Å². The van der Waals surface area contributed by atoms with Crippen molar-refractivity contribution >= 4 is 0 Å². The number of hydrogen-bond donors (Lipinski definition) is 2. The number of nitrogens with two attached hydrogens (primary N) is 1. The first-order chi connectivity index (χ1) is 7.19. The molecule has 0 saturated heterocycles. The largest absolute Gasteiger partial charge is 0.385 e. The van der Waals surface area contributed by atoms with Gasteiger partial charge in [-0.3, -0.25) is 11.3 Å². The Bertz CT molecular complexity index is 317. The third kappa shape index (κ3) is 3.27. The highest BCUT2D eigenvalue weighted by molar-refractivity contribution is 5.25. The first kappa shape index (κ1) is 12.1. The van der Waals surface area contributed by atoms with Crippen molar-refractivity contribution in [3.05, 3.63) is 35.1 Å². The van der Waals surface area contributed by atoms with Crippen LogP contribution in [0.15, 0.2) is 18.2 Å². The average molecular weight is 212 g/mol. The smallest absolute Gasteiger partial charge is 0.126 e. The summed E-state index contributed by atoms with van der Waals surface area (Å²) in [6.45, 7) is 2.32. The Morgan fingerprint density at radius 1 is 1.53 bits per heavy atom. The fourth-order valence-corrected chi connectivity index (χ4v) is 1.41. The van der Waals surface area contributed by atoms with Crippen LogP contribution >= 0.6 is 0 Å². The molecule has 1 atom stereocenters.